The van der Waals surface area contributed by atoms with E-state index in [1.165, 1.54) is 22.3 Å². The summed E-state index contributed by atoms with van der Waals surface area (Å²) in [7, 11) is 0. The molecule has 8 rings (SSSR count). The number of hydrogen-bond acceptors (Lipinski definition) is 9. The zero-order chi connectivity index (χ0) is 61.2. The molecule has 0 bridgehead atoms. The fourth-order valence-electron chi connectivity index (χ4n) is 11.7. The molecule has 4 aliphatic rings. The molecule has 2 fully saturated rings. The van der Waals surface area contributed by atoms with Crippen LogP contribution in [-0.4, -0.2) is 79.3 Å². The molecule has 2 saturated carbocycles. The molecule has 0 unspecified atom stereocenters. The van der Waals surface area contributed by atoms with E-state index in [0.717, 1.165) is 95.9 Å². The average Bonchev–Trinajstić information content (AvgIpc) is 3.59. The fourth-order valence-corrected chi connectivity index (χ4v) is 15.2. The summed E-state index contributed by atoms with van der Waals surface area (Å²) in [5.74, 6) is 2.83. The van der Waals surface area contributed by atoms with E-state index >= 15 is 0 Å². The highest BCUT2D eigenvalue weighted by atomic mass is 27.3. The van der Waals surface area contributed by atoms with Crippen LogP contribution in [0.15, 0.2) is 68.5 Å². The first-order valence-corrected chi connectivity index (χ1v) is 34.2. The minimum absolute atomic E-state index is 0.00365. The smallest absolute Gasteiger partial charge is 0.589 e. The van der Waals surface area contributed by atoms with Crippen LogP contribution in [-0.2, 0) is 46.2 Å². The Morgan fingerprint density at radius 1 is 0.301 bits per heavy atom. The molecule has 0 aromatic heterocycles. The number of nitrogens with zero attached hydrogens (tertiary/aromatic N) is 4. The van der Waals surface area contributed by atoms with Crippen LogP contribution in [0.25, 0.3) is 0 Å². The Balaban J connectivity index is 1.49. The van der Waals surface area contributed by atoms with Crippen molar-refractivity contribution in [1.82, 2.24) is 0 Å². The van der Waals surface area contributed by atoms with E-state index in [1.54, 1.807) is 0 Å². The first kappa shape index (κ1) is 64.8. The molecule has 0 saturated heterocycles. The lowest BCUT2D eigenvalue weighted by atomic mass is 9.79. The minimum Gasteiger partial charge on any atom is -0.589 e. The van der Waals surface area contributed by atoms with Crippen molar-refractivity contribution in [1.29, 1.82) is 0 Å². The van der Waals surface area contributed by atoms with E-state index in [9.17, 15) is 0 Å². The SMILES string of the molecule is CC(C)(C)c1cc2c(c(C(C)(C)C)c1)[O][Al]([O][Al]1[O]c3c(cc(C(C)(C)C)cc3C(C)(C)C)C=N[C@H]3CCCC[C@@H]3N=Cc3cc(C(C)(C)C)cc(C(C)(C)C)c3[O]1)[O]c1c(cc(C(C)(C)C)cc1C(C)(C)C)C=N[C@H]1CCCC[C@@H]1N=C2. The normalized spacial score (nSPS) is 20.6. The third kappa shape index (κ3) is 15.5. The molecule has 11 heteroatoms. The zero-order valence-electron chi connectivity index (χ0n) is 55.9. The van der Waals surface area contributed by atoms with Crippen molar-refractivity contribution in [2.24, 2.45) is 20.0 Å². The van der Waals surface area contributed by atoms with E-state index in [0.29, 0.717) is 23.0 Å². The Hall–Kier alpha value is -4.22. The highest BCUT2D eigenvalue weighted by Crippen LogP contribution is 2.45. The number of benzene rings is 4. The summed E-state index contributed by atoms with van der Waals surface area (Å²) >= 11 is -7.21. The molecule has 9 nitrogen and oxygen atoms in total. The summed E-state index contributed by atoms with van der Waals surface area (Å²) in [6, 6.07) is 18.5. The molecule has 0 amide bonds. The molecule has 4 aromatic carbocycles. The standard InChI is InChI=1S/2C36H54N2O2.2Al.O/c2*1-33(2,3)25-17-23(31(39)27(19-25)35(7,8)9)21-37-29-15-13-14-16-30(29)38-22-24-18-26(34(4,5)6)20-28(32(24)40)36(10,11)12;;;/h2*17-22,29-30,39-40H,13-16H2,1-12H3;;;/q;;2*+2;/p-4/t2*29-,30-;;;/m00.../s1. The van der Waals surface area contributed by atoms with Crippen LogP contribution in [0.4, 0.5) is 0 Å². The van der Waals surface area contributed by atoms with Crippen molar-refractivity contribution in [3.63, 3.8) is 0 Å². The van der Waals surface area contributed by atoms with Gasteiger partial charge in [0, 0.05) is 47.1 Å². The molecule has 2 aliphatic carbocycles. The monoisotopic (exact) mass is 1160 g/mol. The van der Waals surface area contributed by atoms with Crippen LogP contribution in [0.5, 0.6) is 23.0 Å². The minimum atomic E-state index is -3.60. The number of aliphatic imine (C=N–C) groups is 4. The molecule has 0 spiro atoms. The second kappa shape index (κ2) is 23.8. The maximum absolute atomic E-state index is 7.89. The van der Waals surface area contributed by atoms with Crippen molar-refractivity contribution < 1.29 is 18.0 Å². The van der Waals surface area contributed by atoms with Gasteiger partial charge < -0.3 is 18.0 Å². The average molecular weight is 1160 g/mol. The van der Waals surface area contributed by atoms with E-state index < -0.39 is 30.3 Å². The Bertz CT molecular complexity index is 2720. The predicted octanol–water partition coefficient (Wildman–Crippen LogP) is 18.0. The maximum atomic E-state index is 7.89. The fraction of sp³-hybridized carbons (Fsp3) is 0.611. The molecule has 2 aliphatic heterocycles. The van der Waals surface area contributed by atoms with Crippen LogP contribution in [0, 0.1) is 0 Å². The van der Waals surface area contributed by atoms with Gasteiger partial charge in [-0.3, -0.25) is 20.0 Å². The Kier molecular flexibility index (Phi) is 18.6. The topological polar surface area (TPSA) is 95.6 Å². The molecule has 4 aromatic rings. The van der Waals surface area contributed by atoms with Crippen molar-refractivity contribution in [3.8, 4) is 23.0 Å². The first-order valence-electron chi connectivity index (χ1n) is 31.4. The Labute approximate surface area is 513 Å². The predicted molar refractivity (Wildman–Crippen MR) is 353 cm³/mol. The van der Waals surface area contributed by atoms with Crippen LogP contribution < -0.4 is 15.2 Å². The summed E-state index contributed by atoms with van der Waals surface area (Å²) in [5.41, 5.74) is 10.5. The van der Waals surface area contributed by atoms with Gasteiger partial charge in [0.25, 0.3) is 0 Å². The van der Waals surface area contributed by atoms with Crippen molar-refractivity contribution in [3.05, 3.63) is 115 Å². The molecule has 0 radical (unpaired) electrons. The second-order valence-corrected chi connectivity index (χ2v) is 36.1. The summed E-state index contributed by atoms with van der Waals surface area (Å²) in [5, 5.41) is 0. The highest BCUT2D eigenvalue weighted by Gasteiger charge is 2.56. The number of hydrogen-bond donors (Lipinski definition) is 0. The van der Waals surface area contributed by atoms with Crippen LogP contribution in [0.1, 0.15) is 284 Å². The first-order chi connectivity index (χ1) is 38.2. The largest absolute Gasteiger partial charge is 1.07 e. The lowest BCUT2D eigenvalue weighted by molar-refractivity contribution is 0.231. The van der Waals surface area contributed by atoms with Crippen molar-refractivity contribution in [2.45, 2.75) is 285 Å². The van der Waals surface area contributed by atoms with Gasteiger partial charge in [-0.25, -0.2) is 0 Å². The second-order valence-electron chi connectivity index (χ2n) is 32.9. The third-order valence-corrected chi connectivity index (χ3v) is 20.7. The Morgan fingerprint density at radius 3 is 0.663 bits per heavy atom. The van der Waals surface area contributed by atoms with E-state index in [4.69, 9.17) is 38.0 Å². The summed E-state index contributed by atoms with van der Waals surface area (Å²) in [4.78, 5) is 22.1. The van der Waals surface area contributed by atoms with E-state index in [-0.39, 0.29) is 67.5 Å². The van der Waals surface area contributed by atoms with Gasteiger partial charge in [0.2, 0.25) is 0 Å². The van der Waals surface area contributed by atoms with Crippen LogP contribution >= 0.6 is 0 Å². The van der Waals surface area contributed by atoms with Gasteiger partial charge in [-0.05, 0) is 138 Å². The van der Waals surface area contributed by atoms with Gasteiger partial charge in [0.15, 0.2) is 0 Å². The van der Waals surface area contributed by atoms with Crippen LogP contribution in [0.3, 0.4) is 0 Å². The zero-order valence-corrected chi connectivity index (χ0v) is 58.2. The third-order valence-electron chi connectivity index (χ3n) is 17.3. The highest BCUT2D eigenvalue weighted by molar-refractivity contribution is 6.54. The van der Waals surface area contributed by atoms with E-state index in [1.807, 2.05) is 0 Å². The lowest BCUT2D eigenvalue weighted by Gasteiger charge is -2.33. The van der Waals surface area contributed by atoms with Gasteiger partial charge in [0.1, 0.15) is 0 Å². The molecular formula is C72H104Al2N4O5. The Morgan fingerprint density at radius 2 is 0.494 bits per heavy atom. The molecule has 0 N–H and O–H groups in total. The summed E-state index contributed by atoms with van der Waals surface area (Å²) < 4.78 is 39.2. The molecule has 448 valence electrons. The number of fused-ring (bicyclic) bond motifs is 6. The summed E-state index contributed by atoms with van der Waals surface area (Å²) in [6.07, 6.45) is 16.6. The molecular weight excluding hydrogens is 1050 g/mol. The number of rotatable bonds is 2. The molecule has 2 heterocycles. The molecule has 4 atom stereocenters. The van der Waals surface area contributed by atoms with Crippen molar-refractivity contribution in [2.75, 3.05) is 0 Å². The van der Waals surface area contributed by atoms with E-state index in [2.05, 4.69) is 240 Å². The van der Waals surface area contributed by atoms with Gasteiger partial charge in [-0.2, -0.15) is 0 Å². The van der Waals surface area contributed by atoms with Crippen LogP contribution in [0.2, 0.25) is 0 Å². The van der Waals surface area contributed by atoms with Gasteiger partial charge in [-0.15, -0.1) is 0 Å². The van der Waals surface area contributed by atoms with Gasteiger partial charge >= 0.3 is 30.3 Å². The lowest BCUT2D eigenvalue weighted by Crippen LogP contribution is -2.47. The van der Waals surface area contributed by atoms with Crippen molar-refractivity contribution >= 4 is 55.2 Å². The van der Waals surface area contributed by atoms with Gasteiger partial charge in [-0.1, -0.05) is 216 Å². The molecule has 83 heavy (non-hydrogen) atoms. The quantitative estimate of drug-likeness (QED) is 0.186. The maximum Gasteiger partial charge on any atom is 1.07 e. The van der Waals surface area contributed by atoms with Gasteiger partial charge in [0.05, 0.1) is 47.2 Å². The summed E-state index contributed by atoms with van der Waals surface area (Å²) in [6.45, 7) is 54.6.